The van der Waals surface area contributed by atoms with Crippen LogP contribution in [0.1, 0.15) is 20.3 Å². The summed E-state index contributed by atoms with van der Waals surface area (Å²) in [7, 11) is 0. The number of halogens is 3. The normalized spacial score (nSPS) is 21.4. The summed E-state index contributed by atoms with van der Waals surface area (Å²) in [4.78, 5) is 13.5. The lowest BCUT2D eigenvalue weighted by molar-refractivity contribution is -0.134. The van der Waals surface area contributed by atoms with Gasteiger partial charge < -0.3 is 9.64 Å². The molecule has 1 aliphatic rings. The average molecular weight is 287 g/mol. The van der Waals surface area contributed by atoms with Gasteiger partial charge in [-0.1, -0.05) is 0 Å². The number of nitrogens with one attached hydrogen (secondary N) is 1. The Balaban J connectivity index is 0.00000289. The molecule has 0 radical (unpaired) electrons. The summed E-state index contributed by atoms with van der Waals surface area (Å²) in [6.45, 7) is 5.29. The average Bonchev–Trinajstić information content (AvgIpc) is 2.64. The van der Waals surface area contributed by atoms with Crippen LogP contribution < -0.4 is 5.32 Å². The van der Waals surface area contributed by atoms with Crippen LogP contribution in [0.25, 0.3) is 0 Å². The first-order valence-corrected chi connectivity index (χ1v) is 5.98. The molecule has 1 rings (SSSR count). The highest BCUT2D eigenvalue weighted by Crippen LogP contribution is 2.25. The molecule has 1 N–H and O–H groups in total. The molecule has 1 amide bonds. The van der Waals surface area contributed by atoms with Gasteiger partial charge in [0.2, 0.25) is 5.91 Å². The second-order valence-electron chi connectivity index (χ2n) is 4.11. The Bertz CT molecular complexity index is 267. The van der Waals surface area contributed by atoms with Crippen molar-refractivity contribution in [3.05, 3.63) is 0 Å². The predicted molar refractivity (Wildman–Crippen MR) is 67.3 cm³/mol. The zero-order chi connectivity index (χ0) is 12.9. The highest BCUT2D eigenvalue weighted by Gasteiger charge is 2.43. The number of hydrogen-bond acceptors (Lipinski definition) is 3. The van der Waals surface area contributed by atoms with Crippen molar-refractivity contribution >= 4 is 18.3 Å². The van der Waals surface area contributed by atoms with Gasteiger partial charge in [0, 0.05) is 26.1 Å². The summed E-state index contributed by atoms with van der Waals surface area (Å²) < 4.78 is 31.1. The Labute approximate surface area is 112 Å². The van der Waals surface area contributed by atoms with E-state index in [4.69, 9.17) is 4.74 Å². The molecule has 4 nitrogen and oxygen atoms in total. The Kier molecular flexibility index (Phi) is 7.66. The molecule has 18 heavy (non-hydrogen) atoms. The number of carbonyl (C=O) groups excluding carboxylic acids is 1. The van der Waals surface area contributed by atoms with Gasteiger partial charge in [-0.2, -0.15) is 0 Å². The van der Waals surface area contributed by atoms with E-state index >= 15 is 0 Å². The third-order valence-electron chi connectivity index (χ3n) is 2.81. The highest BCUT2D eigenvalue weighted by atomic mass is 35.5. The molecule has 0 saturated carbocycles. The Morgan fingerprint density at radius 2 is 2.17 bits per heavy atom. The minimum absolute atomic E-state index is 0. The lowest BCUT2D eigenvalue weighted by atomic mass is 10.1. The van der Waals surface area contributed by atoms with E-state index in [9.17, 15) is 13.6 Å². The second-order valence-corrected chi connectivity index (χ2v) is 4.11. The Hall–Kier alpha value is -0.460. The molecule has 1 aliphatic heterocycles. The number of amides is 1. The first kappa shape index (κ1) is 17.5. The van der Waals surface area contributed by atoms with Crippen molar-refractivity contribution in [3.8, 4) is 0 Å². The SMILES string of the molecule is CCOCCN(CC)C(=O)C1CC(F)(F)CN1.Cl. The zero-order valence-electron chi connectivity index (χ0n) is 10.7. The van der Waals surface area contributed by atoms with Gasteiger partial charge in [-0.25, -0.2) is 8.78 Å². The van der Waals surface area contributed by atoms with E-state index in [1.165, 1.54) is 0 Å². The van der Waals surface area contributed by atoms with Crippen molar-refractivity contribution in [1.29, 1.82) is 0 Å². The molecule has 1 heterocycles. The maximum absolute atomic E-state index is 13.0. The van der Waals surface area contributed by atoms with Crippen molar-refractivity contribution in [3.63, 3.8) is 0 Å². The maximum atomic E-state index is 13.0. The van der Waals surface area contributed by atoms with Gasteiger partial charge in [0.1, 0.15) is 0 Å². The van der Waals surface area contributed by atoms with Crippen LogP contribution >= 0.6 is 12.4 Å². The molecule has 108 valence electrons. The fourth-order valence-corrected chi connectivity index (χ4v) is 1.85. The van der Waals surface area contributed by atoms with Gasteiger partial charge in [-0.05, 0) is 13.8 Å². The van der Waals surface area contributed by atoms with Crippen LogP contribution in [-0.2, 0) is 9.53 Å². The number of hydrogen-bond donors (Lipinski definition) is 1. The van der Waals surface area contributed by atoms with E-state index in [1.54, 1.807) is 4.90 Å². The van der Waals surface area contributed by atoms with Gasteiger partial charge in [0.15, 0.2) is 0 Å². The van der Waals surface area contributed by atoms with E-state index in [0.717, 1.165) is 0 Å². The first-order valence-electron chi connectivity index (χ1n) is 5.98. The van der Waals surface area contributed by atoms with Crippen LogP contribution in [0.2, 0.25) is 0 Å². The molecule has 0 aromatic carbocycles. The van der Waals surface area contributed by atoms with Crippen LogP contribution in [0.3, 0.4) is 0 Å². The van der Waals surface area contributed by atoms with E-state index in [-0.39, 0.29) is 18.3 Å². The monoisotopic (exact) mass is 286 g/mol. The summed E-state index contributed by atoms with van der Waals surface area (Å²) >= 11 is 0. The largest absolute Gasteiger partial charge is 0.380 e. The molecule has 7 heteroatoms. The van der Waals surface area contributed by atoms with Gasteiger partial charge in [-0.3, -0.25) is 10.1 Å². The van der Waals surface area contributed by atoms with Crippen LogP contribution in [-0.4, -0.2) is 55.6 Å². The van der Waals surface area contributed by atoms with Crippen LogP contribution in [0, 0.1) is 0 Å². The molecule has 1 saturated heterocycles. The lowest BCUT2D eigenvalue weighted by Gasteiger charge is -2.24. The van der Waals surface area contributed by atoms with Crippen LogP contribution in [0.15, 0.2) is 0 Å². The number of alkyl halides is 2. The molecule has 0 spiro atoms. The third kappa shape index (κ3) is 5.04. The molecule has 1 fully saturated rings. The van der Waals surface area contributed by atoms with Gasteiger partial charge >= 0.3 is 0 Å². The zero-order valence-corrected chi connectivity index (χ0v) is 11.6. The molecular formula is C11H21ClF2N2O2. The van der Waals surface area contributed by atoms with Crippen molar-refractivity contribution in [1.82, 2.24) is 10.2 Å². The van der Waals surface area contributed by atoms with E-state index in [1.807, 2.05) is 13.8 Å². The van der Waals surface area contributed by atoms with Gasteiger partial charge in [0.05, 0.1) is 19.2 Å². The lowest BCUT2D eigenvalue weighted by Crippen LogP contribution is -2.44. The summed E-state index contributed by atoms with van der Waals surface area (Å²) in [6, 6.07) is -0.758. The second kappa shape index (κ2) is 7.86. The van der Waals surface area contributed by atoms with Crippen molar-refractivity contribution in [2.45, 2.75) is 32.2 Å². The van der Waals surface area contributed by atoms with E-state index < -0.39 is 24.9 Å². The molecule has 1 unspecified atom stereocenters. The quantitative estimate of drug-likeness (QED) is 0.748. The summed E-state index contributed by atoms with van der Waals surface area (Å²) in [6.07, 6.45) is -0.406. The first-order chi connectivity index (χ1) is 8.00. The smallest absolute Gasteiger partial charge is 0.262 e. The molecule has 0 aliphatic carbocycles. The summed E-state index contributed by atoms with van der Waals surface area (Å²) in [5.74, 6) is -3.02. The van der Waals surface area contributed by atoms with Crippen molar-refractivity contribution in [2.24, 2.45) is 0 Å². The number of carbonyl (C=O) groups is 1. The molecule has 0 aromatic rings. The minimum atomic E-state index is -2.76. The van der Waals surface area contributed by atoms with Gasteiger partial charge in [-0.15, -0.1) is 12.4 Å². The number of ether oxygens (including phenoxy) is 1. The molecule has 0 aromatic heterocycles. The standard InChI is InChI=1S/C11H20F2N2O2.ClH/c1-3-15(5-6-17-4-2)10(16)9-7-11(12,13)8-14-9;/h9,14H,3-8H2,1-2H3;1H. The Morgan fingerprint density at radius 3 is 2.61 bits per heavy atom. The van der Waals surface area contributed by atoms with Crippen molar-refractivity contribution < 1.29 is 18.3 Å². The summed E-state index contributed by atoms with van der Waals surface area (Å²) in [5, 5.41) is 2.57. The molecule has 0 bridgehead atoms. The van der Waals surface area contributed by atoms with Crippen molar-refractivity contribution in [2.75, 3.05) is 32.8 Å². The van der Waals surface area contributed by atoms with Crippen LogP contribution in [0.5, 0.6) is 0 Å². The fraction of sp³-hybridized carbons (Fsp3) is 0.909. The maximum Gasteiger partial charge on any atom is 0.262 e. The predicted octanol–water partition coefficient (Wildman–Crippen LogP) is 1.29. The molecule has 1 atom stereocenters. The number of likely N-dealkylation sites (N-methyl/N-ethyl adjacent to an activating group) is 1. The van der Waals surface area contributed by atoms with Gasteiger partial charge in [0.25, 0.3) is 5.92 Å². The third-order valence-corrected chi connectivity index (χ3v) is 2.81. The van der Waals surface area contributed by atoms with E-state index in [0.29, 0.717) is 26.3 Å². The number of rotatable bonds is 6. The van der Waals surface area contributed by atoms with E-state index in [2.05, 4.69) is 5.32 Å². The summed E-state index contributed by atoms with van der Waals surface area (Å²) in [5.41, 5.74) is 0. The highest BCUT2D eigenvalue weighted by molar-refractivity contribution is 5.85. The topological polar surface area (TPSA) is 41.6 Å². The minimum Gasteiger partial charge on any atom is -0.380 e. The number of nitrogens with zero attached hydrogens (tertiary/aromatic N) is 1. The molecular weight excluding hydrogens is 266 g/mol. The fourth-order valence-electron chi connectivity index (χ4n) is 1.85. The van der Waals surface area contributed by atoms with Crippen LogP contribution in [0.4, 0.5) is 8.78 Å². The Morgan fingerprint density at radius 1 is 1.50 bits per heavy atom.